The molecule has 0 amide bonds. The standard InChI is InChI=1S/C18H13ClF4O7/c1-26-15-8(7-24)9(19)6-12(13(15)17(25)28-3)29-11-5-4-10(30-18(21,22)23)14(20)16(11)27-2/h4-7H,1-3H3. The SMILES string of the molecule is COC(=O)c1c(Oc2ccc(OC(F)(F)F)c(F)c2OC)cc(Cl)c(C=O)c1OC. The Hall–Kier alpha value is -3.21. The second-order valence-electron chi connectivity index (χ2n) is 5.35. The molecule has 0 aliphatic rings. The second-order valence-corrected chi connectivity index (χ2v) is 5.75. The molecular weight excluding hydrogens is 440 g/mol. The number of methoxy groups -OCH3 is 3. The fourth-order valence-corrected chi connectivity index (χ4v) is 2.66. The van der Waals surface area contributed by atoms with E-state index >= 15 is 0 Å². The first-order valence-corrected chi connectivity index (χ1v) is 8.19. The van der Waals surface area contributed by atoms with Gasteiger partial charge in [0.1, 0.15) is 17.1 Å². The molecule has 0 atom stereocenters. The van der Waals surface area contributed by atoms with Crippen LogP contribution in [0.4, 0.5) is 17.6 Å². The lowest BCUT2D eigenvalue weighted by Crippen LogP contribution is -2.18. The molecule has 0 bridgehead atoms. The Balaban J connectivity index is 2.65. The van der Waals surface area contributed by atoms with E-state index in [1.54, 1.807) is 0 Å². The number of ether oxygens (including phenoxy) is 5. The maximum absolute atomic E-state index is 14.4. The zero-order valence-electron chi connectivity index (χ0n) is 15.6. The first kappa shape index (κ1) is 23.1. The van der Waals surface area contributed by atoms with Crippen molar-refractivity contribution in [3.63, 3.8) is 0 Å². The van der Waals surface area contributed by atoms with Gasteiger partial charge in [-0.2, -0.15) is 4.39 Å². The molecule has 0 saturated carbocycles. The molecule has 0 heterocycles. The zero-order valence-corrected chi connectivity index (χ0v) is 16.3. The van der Waals surface area contributed by atoms with Gasteiger partial charge in [0.25, 0.3) is 0 Å². The lowest BCUT2D eigenvalue weighted by Gasteiger charge is -2.18. The second kappa shape index (κ2) is 9.08. The summed E-state index contributed by atoms with van der Waals surface area (Å²) >= 11 is 6.01. The summed E-state index contributed by atoms with van der Waals surface area (Å²) in [5, 5.41) is -0.180. The molecule has 0 aliphatic carbocycles. The Morgan fingerprint density at radius 3 is 2.13 bits per heavy atom. The number of carbonyl (C=O) groups is 2. The van der Waals surface area contributed by atoms with Crippen molar-refractivity contribution in [2.45, 2.75) is 6.36 Å². The van der Waals surface area contributed by atoms with Gasteiger partial charge < -0.3 is 23.7 Å². The number of alkyl halides is 3. The number of carbonyl (C=O) groups excluding carboxylic acids is 2. The van der Waals surface area contributed by atoms with Gasteiger partial charge in [-0.25, -0.2) is 4.79 Å². The minimum atomic E-state index is -5.14. The van der Waals surface area contributed by atoms with Crippen molar-refractivity contribution in [1.82, 2.24) is 0 Å². The summed E-state index contributed by atoms with van der Waals surface area (Å²) in [4.78, 5) is 23.5. The van der Waals surface area contributed by atoms with Crippen molar-refractivity contribution in [2.75, 3.05) is 21.3 Å². The monoisotopic (exact) mass is 452 g/mol. The van der Waals surface area contributed by atoms with Crippen LogP contribution in [0.15, 0.2) is 18.2 Å². The minimum Gasteiger partial charge on any atom is -0.495 e. The van der Waals surface area contributed by atoms with Crippen LogP contribution in [0.3, 0.4) is 0 Å². The number of hydrogen-bond acceptors (Lipinski definition) is 7. The highest BCUT2D eigenvalue weighted by atomic mass is 35.5. The molecule has 2 rings (SSSR count). The Bertz CT molecular complexity index is 976. The van der Waals surface area contributed by atoms with Crippen LogP contribution in [0.5, 0.6) is 28.7 Å². The van der Waals surface area contributed by atoms with Gasteiger partial charge >= 0.3 is 12.3 Å². The van der Waals surface area contributed by atoms with Crippen molar-refractivity contribution in [2.24, 2.45) is 0 Å². The predicted molar refractivity (Wildman–Crippen MR) is 94.4 cm³/mol. The maximum atomic E-state index is 14.4. The van der Waals surface area contributed by atoms with Gasteiger partial charge in [0.05, 0.1) is 31.9 Å². The summed E-state index contributed by atoms with van der Waals surface area (Å²) in [5.74, 6) is -5.44. The molecule has 7 nitrogen and oxygen atoms in total. The molecule has 12 heteroatoms. The van der Waals surface area contributed by atoms with Gasteiger partial charge in [-0.05, 0) is 12.1 Å². The van der Waals surface area contributed by atoms with Crippen molar-refractivity contribution in [1.29, 1.82) is 0 Å². The molecule has 0 N–H and O–H groups in total. The number of esters is 1. The summed E-state index contributed by atoms with van der Waals surface area (Å²) in [6.45, 7) is 0. The van der Waals surface area contributed by atoms with Gasteiger partial charge in [0, 0.05) is 6.07 Å². The van der Waals surface area contributed by atoms with Crippen molar-refractivity contribution >= 4 is 23.9 Å². The van der Waals surface area contributed by atoms with Crippen LogP contribution in [0, 0.1) is 5.82 Å². The highest BCUT2D eigenvalue weighted by Gasteiger charge is 2.34. The number of benzene rings is 2. The first-order chi connectivity index (χ1) is 14.1. The van der Waals surface area contributed by atoms with Gasteiger partial charge in [0.15, 0.2) is 17.8 Å². The fraction of sp³-hybridized carbons (Fsp3) is 0.222. The van der Waals surface area contributed by atoms with E-state index in [-0.39, 0.29) is 27.6 Å². The first-order valence-electron chi connectivity index (χ1n) is 7.82. The Kier molecular flexibility index (Phi) is 6.98. The van der Waals surface area contributed by atoms with Gasteiger partial charge in [-0.15, -0.1) is 13.2 Å². The van der Waals surface area contributed by atoms with E-state index in [9.17, 15) is 27.2 Å². The van der Waals surface area contributed by atoms with Crippen LogP contribution in [-0.2, 0) is 4.74 Å². The highest BCUT2D eigenvalue weighted by Crippen LogP contribution is 2.44. The molecule has 0 spiro atoms. The van der Waals surface area contributed by atoms with Crippen molar-refractivity contribution in [3.8, 4) is 28.7 Å². The van der Waals surface area contributed by atoms with E-state index in [1.807, 2.05) is 0 Å². The lowest BCUT2D eigenvalue weighted by atomic mass is 10.1. The van der Waals surface area contributed by atoms with Crippen LogP contribution in [0.1, 0.15) is 20.7 Å². The van der Waals surface area contributed by atoms with Crippen molar-refractivity contribution < 1.29 is 50.8 Å². The van der Waals surface area contributed by atoms with E-state index in [2.05, 4.69) is 9.47 Å². The minimum absolute atomic E-state index is 0.180. The summed E-state index contributed by atoms with van der Waals surface area (Å²) in [7, 11) is 3.18. The van der Waals surface area contributed by atoms with Gasteiger partial charge in [-0.3, -0.25) is 4.79 Å². The molecule has 162 valence electrons. The Labute approximate surface area is 172 Å². The highest BCUT2D eigenvalue weighted by molar-refractivity contribution is 6.33. The van der Waals surface area contributed by atoms with Gasteiger partial charge in [-0.1, -0.05) is 11.6 Å². The van der Waals surface area contributed by atoms with Crippen LogP contribution >= 0.6 is 11.6 Å². The lowest BCUT2D eigenvalue weighted by molar-refractivity contribution is -0.275. The van der Waals surface area contributed by atoms with Crippen LogP contribution in [0.25, 0.3) is 0 Å². The van der Waals surface area contributed by atoms with E-state index in [0.29, 0.717) is 12.4 Å². The molecule has 2 aromatic rings. The zero-order chi connectivity index (χ0) is 22.6. The number of hydrogen-bond donors (Lipinski definition) is 0. The van der Waals surface area contributed by atoms with Crippen LogP contribution in [0.2, 0.25) is 5.02 Å². The van der Waals surface area contributed by atoms with Crippen LogP contribution in [-0.4, -0.2) is 39.9 Å². The topological polar surface area (TPSA) is 80.3 Å². The summed E-state index contributed by atoms with van der Waals surface area (Å²) in [6.07, 6.45) is -4.81. The normalized spacial score (nSPS) is 10.9. The summed E-state index contributed by atoms with van der Waals surface area (Å²) < 4.78 is 75.2. The Morgan fingerprint density at radius 2 is 1.63 bits per heavy atom. The third kappa shape index (κ3) is 4.67. The van der Waals surface area contributed by atoms with Gasteiger partial charge in [0.2, 0.25) is 11.6 Å². The molecular formula is C18H13ClF4O7. The predicted octanol–water partition coefficient (Wildman–Crippen LogP) is 4.79. The average molecular weight is 453 g/mol. The fourth-order valence-electron chi connectivity index (χ4n) is 2.43. The van der Waals surface area contributed by atoms with E-state index < -0.39 is 35.4 Å². The van der Waals surface area contributed by atoms with E-state index in [1.165, 1.54) is 0 Å². The van der Waals surface area contributed by atoms with E-state index in [0.717, 1.165) is 33.5 Å². The van der Waals surface area contributed by atoms with Crippen LogP contribution < -0.4 is 18.9 Å². The molecule has 0 unspecified atom stereocenters. The number of halogens is 5. The summed E-state index contributed by atoms with van der Waals surface area (Å²) in [5.41, 5.74) is -0.552. The third-order valence-corrected chi connectivity index (χ3v) is 3.93. The van der Waals surface area contributed by atoms with Crippen molar-refractivity contribution in [3.05, 3.63) is 40.2 Å². The molecule has 0 saturated heterocycles. The molecule has 0 aromatic heterocycles. The maximum Gasteiger partial charge on any atom is 0.573 e. The quantitative estimate of drug-likeness (QED) is 0.339. The number of aldehydes is 1. The Morgan fingerprint density at radius 1 is 1.03 bits per heavy atom. The largest absolute Gasteiger partial charge is 0.573 e. The molecule has 0 fully saturated rings. The molecule has 0 aliphatic heterocycles. The average Bonchev–Trinajstić information content (AvgIpc) is 2.68. The molecule has 2 aromatic carbocycles. The third-order valence-electron chi connectivity index (χ3n) is 3.62. The molecule has 0 radical (unpaired) electrons. The smallest absolute Gasteiger partial charge is 0.495 e. The number of rotatable bonds is 7. The molecule has 30 heavy (non-hydrogen) atoms. The summed E-state index contributed by atoms with van der Waals surface area (Å²) in [6, 6.07) is 2.62. The van der Waals surface area contributed by atoms with E-state index in [4.69, 9.17) is 25.8 Å².